The third-order valence-corrected chi connectivity index (χ3v) is 5.61. The number of benzene rings is 1. The van der Waals surface area contributed by atoms with Crippen LogP contribution in [0.3, 0.4) is 0 Å². The number of phenols is 1. The Balaban J connectivity index is 2.41. The highest BCUT2D eigenvalue weighted by Crippen LogP contribution is 2.47. The van der Waals surface area contributed by atoms with Crippen LogP contribution in [0.4, 0.5) is 0 Å². The van der Waals surface area contributed by atoms with Crippen LogP contribution >= 0.6 is 0 Å². The van der Waals surface area contributed by atoms with Crippen LogP contribution in [-0.2, 0) is 6.42 Å². The summed E-state index contributed by atoms with van der Waals surface area (Å²) in [5, 5.41) is 11.0. The largest absolute Gasteiger partial charge is 0.507 e. The fourth-order valence-corrected chi connectivity index (χ4v) is 4.04. The number of quaternary nitrogens is 1. The molecule has 4 N–H and O–H groups in total. The molecule has 3 heteroatoms. The monoisotopic (exact) mass is 372 g/mol. The summed E-state index contributed by atoms with van der Waals surface area (Å²) in [6, 6.07) is 4.10. The molecule has 0 aliphatic heterocycles. The van der Waals surface area contributed by atoms with Gasteiger partial charge in [-0.05, 0) is 63.1 Å². The predicted octanol–water partition coefficient (Wildman–Crippen LogP) is 5.15. The number of unbranched alkanes of at least 4 members (excludes halogenated alkanes) is 2. The van der Waals surface area contributed by atoms with Crippen LogP contribution in [-0.4, -0.2) is 18.3 Å². The van der Waals surface area contributed by atoms with Gasteiger partial charge in [0.05, 0.1) is 13.2 Å². The molecule has 2 unspecified atom stereocenters. The highest BCUT2D eigenvalue weighted by molar-refractivity contribution is 5.52. The first-order chi connectivity index (χ1) is 13.0. The van der Waals surface area contributed by atoms with Gasteiger partial charge in [0.25, 0.3) is 0 Å². The van der Waals surface area contributed by atoms with Crippen molar-refractivity contribution in [1.82, 2.24) is 0 Å². The van der Waals surface area contributed by atoms with Crippen molar-refractivity contribution >= 4 is 0 Å². The van der Waals surface area contributed by atoms with Gasteiger partial charge in [-0.25, -0.2) is 0 Å². The number of allylic oxidation sites excluding steroid dienone is 3. The summed E-state index contributed by atoms with van der Waals surface area (Å²) >= 11 is 0. The first kappa shape index (κ1) is 21.6. The molecule has 0 bridgehead atoms. The van der Waals surface area contributed by atoms with Gasteiger partial charge in [0, 0.05) is 17.9 Å². The molecule has 0 fully saturated rings. The molecule has 3 nitrogen and oxygen atoms in total. The summed E-state index contributed by atoms with van der Waals surface area (Å²) in [6.45, 7) is 12.2. The predicted molar refractivity (Wildman–Crippen MR) is 113 cm³/mol. The van der Waals surface area contributed by atoms with Crippen molar-refractivity contribution in [3.05, 3.63) is 47.1 Å². The van der Waals surface area contributed by atoms with Crippen LogP contribution < -0.4 is 10.5 Å². The minimum absolute atomic E-state index is 0.135. The summed E-state index contributed by atoms with van der Waals surface area (Å²) in [7, 11) is 0. The number of hydrogen-bond acceptors (Lipinski definition) is 2. The second-order valence-electron chi connectivity index (χ2n) is 8.07. The standard InChI is InChI=1S/C24H37NO2/c1-5-6-7-9-19-15-22(26)24(23(16-19)27-13-8-12-25)21-14-18(4)10-11-20(21)17(2)3/h14-16,20-21,26H,2,5-13,25H2,1,3-4H3/p+1. The van der Waals surface area contributed by atoms with E-state index in [1.807, 2.05) is 6.07 Å². The number of ether oxygens (including phenoxy) is 1. The quantitative estimate of drug-likeness (QED) is 0.441. The molecule has 2 rings (SSSR count). The molecule has 0 heterocycles. The molecule has 0 amide bonds. The topological polar surface area (TPSA) is 57.1 Å². The molecular weight excluding hydrogens is 334 g/mol. The highest BCUT2D eigenvalue weighted by Gasteiger charge is 2.30. The van der Waals surface area contributed by atoms with E-state index in [0.717, 1.165) is 55.5 Å². The molecule has 0 saturated heterocycles. The lowest BCUT2D eigenvalue weighted by Gasteiger charge is -2.32. The lowest BCUT2D eigenvalue weighted by Crippen LogP contribution is -2.50. The first-order valence-electron chi connectivity index (χ1n) is 10.6. The number of aryl methyl sites for hydroxylation is 1. The summed E-state index contributed by atoms with van der Waals surface area (Å²) < 4.78 is 6.16. The van der Waals surface area contributed by atoms with Crippen molar-refractivity contribution in [3.63, 3.8) is 0 Å². The third-order valence-electron chi connectivity index (χ3n) is 5.61. The van der Waals surface area contributed by atoms with Gasteiger partial charge in [-0.15, -0.1) is 0 Å². The van der Waals surface area contributed by atoms with Gasteiger partial charge in [0.2, 0.25) is 0 Å². The first-order valence-corrected chi connectivity index (χ1v) is 10.6. The Bertz CT molecular complexity index is 663. The maximum absolute atomic E-state index is 11.0. The van der Waals surface area contributed by atoms with E-state index in [1.165, 1.54) is 24.0 Å². The molecule has 0 saturated carbocycles. The maximum atomic E-state index is 11.0. The van der Waals surface area contributed by atoms with Gasteiger partial charge in [-0.1, -0.05) is 43.6 Å². The molecule has 1 aliphatic carbocycles. The minimum Gasteiger partial charge on any atom is -0.507 e. The smallest absolute Gasteiger partial charge is 0.127 e. The van der Waals surface area contributed by atoms with Crippen molar-refractivity contribution < 1.29 is 15.6 Å². The summed E-state index contributed by atoms with van der Waals surface area (Å²) in [6.07, 6.45) is 9.94. The third kappa shape index (κ3) is 5.87. The molecule has 27 heavy (non-hydrogen) atoms. The normalized spacial score (nSPS) is 19.6. The zero-order valence-electron chi connectivity index (χ0n) is 17.5. The summed E-state index contributed by atoms with van der Waals surface area (Å²) in [5.41, 5.74) is 8.57. The zero-order valence-corrected chi connectivity index (χ0v) is 17.5. The Kier molecular flexibility index (Phi) is 8.43. The molecule has 1 aliphatic rings. The van der Waals surface area contributed by atoms with Crippen molar-refractivity contribution in [2.24, 2.45) is 5.92 Å². The van der Waals surface area contributed by atoms with Crippen LogP contribution in [0.1, 0.15) is 76.3 Å². The van der Waals surface area contributed by atoms with Gasteiger partial charge in [-0.2, -0.15) is 0 Å². The van der Waals surface area contributed by atoms with Crippen LogP contribution in [0, 0.1) is 5.92 Å². The Morgan fingerprint density at radius 3 is 2.74 bits per heavy atom. The van der Waals surface area contributed by atoms with Crippen molar-refractivity contribution in [2.75, 3.05) is 13.2 Å². The Morgan fingerprint density at radius 1 is 1.30 bits per heavy atom. The van der Waals surface area contributed by atoms with Gasteiger partial charge in [0.1, 0.15) is 11.5 Å². The minimum atomic E-state index is 0.135. The molecule has 0 spiro atoms. The van der Waals surface area contributed by atoms with E-state index >= 15 is 0 Å². The Labute approximate surface area is 165 Å². The Morgan fingerprint density at radius 2 is 2.07 bits per heavy atom. The van der Waals surface area contributed by atoms with E-state index in [-0.39, 0.29) is 5.92 Å². The van der Waals surface area contributed by atoms with E-state index in [0.29, 0.717) is 18.3 Å². The van der Waals surface area contributed by atoms with Crippen molar-refractivity contribution in [3.8, 4) is 11.5 Å². The van der Waals surface area contributed by atoms with E-state index in [2.05, 4.69) is 45.2 Å². The van der Waals surface area contributed by atoms with Crippen LogP contribution in [0.5, 0.6) is 11.5 Å². The fraction of sp³-hybridized carbons (Fsp3) is 0.583. The van der Waals surface area contributed by atoms with Gasteiger partial charge >= 0.3 is 0 Å². The number of rotatable bonds is 10. The Hall–Kier alpha value is -1.74. The van der Waals surface area contributed by atoms with Gasteiger partial charge < -0.3 is 15.6 Å². The lowest BCUT2D eigenvalue weighted by molar-refractivity contribution is -0.368. The van der Waals surface area contributed by atoms with Gasteiger partial charge in [0.15, 0.2) is 0 Å². The number of phenolic OH excluding ortho intramolecular Hbond substituents is 1. The molecular formula is C24H38NO2+. The van der Waals surface area contributed by atoms with Crippen LogP contribution in [0.25, 0.3) is 0 Å². The van der Waals surface area contributed by atoms with Crippen molar-refractivity contribution in [1.29, 1.82) is 0 Å². The molecule has 0 radical (unpaired) electrons. The number of aromatic hydroxyl groups is 1. The molecule has 1 aromatic rings. The zero-order chi connectivity index (χ0) is 19.8. The second kappa shape index (κ2) is 10.6. The molecule has 150 valence electrons. The SMILES string of the molecule is C=C(C)C1CCC(C)=CC1c1c(O)cc(CCCCC)cc1OCCC[NH3+]. The van der Waals surface area contributed by atoms with Crippen LogP contribution in [0.2, 0.25) is 0 Å². The summed E-state index contributed by atoms with van der Waals surface area (Å²) in [4.78, 5) is 0. The van der Waals surface area contributed by atoms with E-state index in [9.17, 15) is 5.11 Å². The van der Waals surface area contributed by atoms with Crippen molar-refractivity contribution in [2.45, 2.75) is 71.6 Å². The second-order valence-corrected chi connectivity index (χ2v) is 8.07. The average Bonchev–Trinajstić information content (AvgIpc) is 2.61. The summed E-state index contributed by atoms with van der Waals surface area (Å²) in [5.74, 6) is 1.70. The highest BCUT2D eigenvalue weighted by atomic mass is 16.5. The fourth-order valence-electron chi connectivity index (χ4n) is 4.04. The van der Waals surface area contributed by atoms with E-state index < -0.39 is 0 Å². The van der Waals surface area contributed by atoms with Crippen LogP contribution in [0.15, 0.2) is 35.9 Å². The van der Waals surface area contributed by atoms with E-state index in [4.69, 9.17) is 4.74 Å². The van der Waals surface area contributed by atoms with Gasteiger partial charge in [-0.3, -0.25) is 0 Å². The average molecular weight is 373 g/mol. The molecule has 2 atom stereocenters. The molecule has 0 aromatic heterocycles. The van der Waals surface area contributed by atoms with E-state index in [1.54, 1.807) is 0 Å². The lowest BCUT2D eigenvalue weighted by atomic mass is 9.73. The molecule has 1 aromatic carbocycles. The number of hydrogen-bond donors (Lipinski definition) is 2. The maximum Gasteiger partial charge on any atom is 0.127 e.